The quantitative estimate of drug-likeness (QED) is 0.658. The number of hydrogen-bond donors (Lipinski definition) is 1. The van der Waals surface area contributed by atoms with Crippen LogP contribution in [0.2, 0.25) is 0 Å². The van der Waals surface area contributed by atoms with Crippen LogP contribution in [0.4, 0.5) is 4.39 Å². The molecule has 0 aliphatic carbocycles. The van der Waals surface area contributed by atoms with Crippen molar-refractivity contribution in [2.45, 2.75) is 0 Å². The molecule has 0 amide bonds. The predicted octanol–water partition coefficient (Wildman–Crippen LogP) is -0.342. The minimum absolute atomic E-state index is 0.101. The molecule has 0 saturated carbocycles. The number of halogens is 1. The standard InChI is InChI=1S/C8H15FN2O2/c9-1-2-10-3-5-11(6-4-10)7-8(12)13/h1-7H2,(H,12,13). The van der Waals surface area contributed by atoms with Crippen LogP contribution in [0, 0.1) is 0 Å². The minimum Gasteiger partial charge on any atom is -0.480 e. The molecule has 0 unspecified atom stereocenters. The molecule has 1 fully saturated rings. The lowest BCUT2D eigenvalue weighted by Gasteiger charge is -2.33. The summed E-state index contributed by atoms with van der Waals surface area (Å²) in [5.74, 6) is -0.793. The number of carboxylic acids is 1. The molecule has 1 heterocycles. The van der Waals surface area contributed by atoms with Gasteiger partial charge in [0.25, 0.3) is 0 Å². The topological polar surface area (TPSA) is 43.8 Å². The lowest BCUT2D eigenvalue weighted by atomic mass is 10.3. The van der Waals surface area contributed by atoms with E-state index in [1.54, 1.807) is 0 Å². The van der Waals surface area contributed by atoms with Crippen molar-refractivity contribution in [3.05, 3.63) is 0 Å². The number of hydrogen-bond acceptors (Lipinski definition) is 3. The maximum Gasteiger partial charge on any atom is 0.317 e. The van der Waals surface area contributed by atoms with Crippen LogP contribution in [-0.4, -0.2) is 66.8 Å². The van der Waals surface area contributed by atoms with Crippen molar-refractivity contribution in [1.82, 2.24) is 9.80 Å². The Bertz CT molecular complexity index is 170. The average Bonchev–Trinajstić information content (AvgIpc) is 2.08. The van der Waals surface area contributed by atoms with Gasteiger partial charge >= 0.3 is 5.97 Å². The maximum absolute atomic E-state index is 11.9. The summed E-state index contributed by atoms with van der Waals surface area (Å²) in [6.07, 6.45) is 0. The monoisotopic (exact) mass is 190 g/mol. The number of carboxylic acid groups (broad SMARTS) is 1. The van der Waals surface area contributed by atoms with Gasteiger partial charge in [-0.25, -0.2) is 4.39 Å². The van der Waals surface area contributed by atoms with Crippen molar-refractivity contribution in [2.75, 3.05) is 45.9 Å². The van der Waals surface area contributed by atoms with Crippen LogP contribution in [0.3, 0.4) is 0 Å². The highest BCUT2D eigenvalue weighted by molar-refractivity contribution is 5.69. The SMILES string of the molecule is O=C(O)CN1CCN(CCF)CC1. The molecule has 0 aromatic rings. The third-order valence-corrected chi connectivity index (χ3v) is 2.22. The molecule has 0 bridgehead atoms. The highest BCUT2D eigenvalue weighted by Gasteiger charge is 2.17. The normalized spacial score (nSPS) is 20.4. The average molecular weight is 190 g/mol. The Balaban J connectivity index is 2.18. The Labute approximate surface area is 76.9 Å². The fourth-order valence-corrected chi connectivity index (χ4v) is 1.48. The van der Waals surface area contributed by atoms with E-state index in [1.807, 2.05) is 9.80 Å². The summed E-state index contributed by atoms with van der Waals surface area (Å²) in [5.41, 5.74) is 0. The molecule has 13 heavy (non-hydrogen) atoms. The first-order chi connectivity index (χ1) is 6.22. The van der Waals surface area contributed by atoms with Crippen molar-refractivity contribution in [2.24, 2.45) is 0 Å². The number of nitrogens with zero attached hydrogens (tertiary/aromatic N) is 2. The van der Waals surface area contributed by atoms with E-state index in [9.17, 15) is 9.18 Å². The molecule has 0 spiro atoms. The van der Waals surface area contributed by atoms with Crippen LogP contribution in [0.25, 0.3) is 0 Å². The van der Waals surface area contributed by atoms with E-state index >= 15 is 0 Å². The smallest absolute Gasteiger partial charge is 0.317 e. The number of carbonyl (C=O) groups is 1. The van der Waals surface area contributed by atoms with Crippen molar-refractivity contribution >= 4 is 5.97 Å². The zero-order valence-corrected chi connectivity index (χ0v) is 7.58. The van der Waals surface area contributed by atoms with Crippen molar-refractivity contribution < 1.29 is 14.3 Å². The molecule has 1 aliphatic heterocycles. The van der Waals surface area contributed by atoms with Gasteiger partial charge < -0.3 is 5.11 Å². The van der Waals surface area contributed by atoms with Crippen LogP contribution in [0.15, 0.2) is 0 Å². The van der Waals surface area contributed by atoms with Gasteiger partial charge in [-0.15, -0.1) is 0 Å². The Kier molecular flexibility index (Phi) is 4.11. The van der Waals surface area contributed by atoms with Crippen LogP contribution < -0.4 is 0 Å². The lowest BCUT2D eigenvalue weighted by molar-refractivity contribution is -0.138. The van der Waals surface area contributed by atoms with E-state index in [1.165, 1.54) is 0 Å². The molecular formula is C8H15FN2O2. The molecule has 5 heteroatoms. The molecule has 4 nitrogen and oxygen atoms in total. The van der Waals surface area contributed by atoms with Crippen molar-refractivity contribution in [1.29, 1.82) is 0 Å². The molecular weight excluding hydrogens is 175 g/mol. The highest BCUT2D eigenvalue weighted by atomic mass is 19.1. The first-order valence-electron chi connectivity index (χ1n) is 4.45. The van der Waals surface area contributed by atoms with Crippen molar-refractivity contribution in [3.8, 4) is 0 Å². The molecule has 1 aliphatic rings. The first-order valence-corrected chi connectivity index (χ1v) is 4.45. The van der Waals surface area contributed by atoms with Crippen LogP contribution in [-0.2, 0) is 4.79 Å². The van der Waals surface area contributed by atoms with E-state index in [-0.39, 0.29) is 13.2 Å². The fraction of sp³-hybridized carbons (Fsp3) is 0.875. The summed E-state index contributed by atoms with van der Waals surface area (Å²) in [6.45, 7) is 3.26. The fourth-order valence-electron chi connectivity index (χ4n) is 1.48. The van der Waals surface area contributed by atoms with Gasteiger partial charge in [0.15, 0.2) is 0 Å². The third kappa shape index (κ3) is 3.69. The molecule has 1 saturated heterocycles. The second-order valence-corrected chi connectivity index (χ2v) is 3.20. The summed E-state index contributed by atoms with van der Waals surface area (Å²) >= 11 is 0. The summed E-state index contributed by atoms with van der Waals surface area (Å²) in [5, 5.41) is 8.52. The first kappa shape index (κ1) is 10.4. The Morgan fingerprint density at radius 3 is 2.23 bits per heavy atom. The Morgan fingerprint density at radius 1 is 1.23 bits per heavy atom. The molecule has 76 valence electrons. The highest BCUT2D eigenvalue weighted by Crippen LogP contribution is 2.00. The number of alkyl halides is 1. The predicted molar refractivity (Wildman–Crippen MR) is 46.5 cm³/mol. The number of aliphatic carboxylic acids is 1. The Morgan fingerprint density at radius 2 is 1.77 bits per heavy atom. The Hall–Kier alpha value is -0.680. The number of piperazine rings is 1. The van der Waals surface area contributed by atoms with Crippen LogP contribution >= 0.6 is 0 Å². The van der Waals surface area contributed by atoms with Crippen molar-refractivity contribution in [3.63, 3.8) is 0 Å². The zero-order chi connectivity index (χ0) is 9.68. The summed E-state index contributed by atoms with van der Waals surface area (Å²) in [4.78, 5) is 14.2. The summed E-state index contributed by atoms with van der Waals surface area (Å²) in [7, 11) is 0. The largest absolute Gasteiger partial charge is 0.480 e. The van der Waals surface area contributed by atoms with Gasteiger partial charge in [-0.3, -0.25) is 14.6 Å². The van der Waals surface area contributed by atoms with Gasteiger partial charge in [-0.05, 0) is 0 Å². The molecule has 0 radical (unpaired) electrons. The van der Waals surface area contributed by atoms with E-state index in [0.29, 0.717) is 6.54 Å². The van der Waals surface area contributed by atoms with Gasteiger partial charge in [0.05, 0.1) is 6.54 Å². The van der Waals surface area contributed by atoms with Gasteiger partial charge in [0, 0.05) is 32.7 Å². The van der Waals surface area contributed by atoms with E-state index in [4.69, 9.17) is 5.11 Å². The van der Waals surface area contributed by atoms with Gasteiger partial charge in [-0.2, -0.15) is 0 Å². The minimum atomic E-state index is -0.793. The van der Waals surface area contributed by atoms with Gasteiger partial charge in [-0.1, -0.05) is 0 Å². The second-order valence-electron chi connectivity index (χ2n) is 3.20. The van der Waals surface area contributed by atoms with E-state index in [0.717, 1.165) is 26.2 Å². The third-order valence-electron chi connectivity index (χ3n) is 2.22. The van der Waals surface area contributed by atoms with E-state index < -0.39 is 5.97 Å². The molecule has 1 N–H and O–H groups in total. The second kappa shape index (κ2) is 5.14. The molecule has 1 rings (SSSR count). The summed E-state index contributed by atoms with van der Waals surface area (Å²) in [6, 6.07) is 0. The van der Waals surface area contributed by atoms with E-state index in [2.05, 4.69) is 0 Å². The van der Waals surface area contributed by atoms with Crippen LogP contribution in [0.1, 0.15) is 0 Å². The van der Waals surface area contributed by atoms with Gasteiger partial charge in [0.1, 0.15) is 6.67 Å². The van der Waals surface area contributed by atoms with Gasteiger partial charge in [0.2, 0.25) is 0 Å². The molecule has 0 aromatic heterocycles. The summed E-state index contributed by atoms with van der Waals surface area (Å²) < 4.78 is 11.9. The lowest BCUT2D eigenvalue weighted by Crippen LogP contribution is -2.48. The maximum atomic E-state index is 11.9. The molecule has 0 aromatic carbocycles. The molecule has 0 atom stereocenters. The zero-order valence-electron chi connectivity index (χ0n) is 7.58. The van der Waals surface area contributed by atoms with Crippen LogP contribution in [0.5, 0.6) is 0 Å². The number of rotatable bonds is 4.